The van der Waals surface area contributed by atoms with Gasteiger partial charge in [0.2, 0.25) is 0 Å². The first-order chi connectivity index (χ1) is 32.2. The third-order valence-electron chi connectivity index (χ3n) is 13.7. The molecule has 0 radical (unpaired) electrons. The number of carbonyl (C=O) groups is 3. The van der Waals surface area contributed by atoms with E-state index in [9.17, 15) is 14.4 Å². The molecular formula is C60H116O6. The first-order valence-corrected chi connectivity index (χ1v) is 29.7. The highest BCUT2D eigenvalue weighted by Crippen LogP contribution is 2.18. The van der Waals surface area contributed by atoms with Crippen LogP contribution in [0.15, 0.2) is 0 Å². The number of carbonyl (C=O) groups excluding carboxylic acids is 3. The second-order valence-corrected chi connectivity index (χ2v) is 21.6. The SMILES string of the molecule is CCCCCCCCCCCCCCC(=O)OC[C@H](COC(=O)CCCCCCCCCCCCCCCCC(C)C)OC(=O)CCCCCCCCCCCCCCCCCCC(C)C. The maximum Gasteiger partial charge on any atom is 0.306 e. The van der Waals surface area contributed by atoms with Crippen molar-refractivity contribution in [2.45, 2.75) is 343 Å². The molecule has 6 heteroatoms. The Labute approximate surface area is 412 Å². The van der Waals surface area contributed by atoms with Crippen molar-refractivity contribution in [1.29, 1.82) is 0 Å². The fourth-order valence-electron chi connectivity index (χ4n) is 9.23. The van der Waals surface area contributed by atoms with Crippen molar-refractivity contribution in [2.24, 2.45) is 11.8 Å². The predicted octanol–water partition coefficient (Wildman–Crippen LogP) is 19.7. The molecule has 0 saturated heterocycles. The Bertz CT molecular complexity index is 1010. The van der Waals surface area contributed by atoms with Crippen LogP contribution in [0.1, 0.15) is 336 Å². The van der Waals surface area contributed by atoms with Crippen LogP contribution in [-0.2, 0) is 28.6 Å². The normalized spacial score (nSPS) is 12.0. The Morgan fingerprint density at radius 3 is 0.742 bits per heavy atom. The van der Waals surface area contributed by atoms with Crippen LogP contribution in [0.2, 0.25) is 0 Å². The maximum absolute atomic E-state index is 12.9. The molecule has 0 spiro atoms. The van der Waals surface area contributed by atoms with Crippen molar-refractivity contribution in [3.05, 3.63) is 0 Å². The first kappa shape index (κ1) is 64.4. The van der Waals surface area contributed by atoms with Gasteiger partial charge in [-0.15, -0.1) is 0 Å². The van der Waals surface area contributed by atoms with Crippen molar-refractivity contribution < 1.29 is 28.6 Å². The van der Waals surface area contributed by atoms with E-state index in [-0.39, 0.29) is 31.1 Å². The lowest BCUT2D eigenvalue weighted by molar-refractivity contribution is -0.167. The summed E-state index contributed by atoms with van der Waals surface area (Å²) in [5.74, 6) is 0.860. The van der Waals surface area contributed by atoms with Crippen LogP contribution in [-0.4, -0.2) is 37.2 Å². The van der Waals surface area contributed by atoms with E-state index in [4.69, 9.17) is 14.2 Å². The Morgan fingerprint density at radius 1 is 0.288 bits per heavy atom. The number of hydrogen-bond donors (Lipinski definition) is 0. The summed E-state index contributed by atoms with van der Waals surface area (Å²) < 4.78 is 16.9. The molecule has 0 saturated carbocycles. The van der Waals surface area contributed by atoms with Crippen LogP contribution in [0.3, 0.4) is 0 Å². The second-order valence-electron chi connectivity index (χ2n) is 21.6. The molecule has 0 aromatic carbocycles. The largest absolute Gasteiger partial charge is 0.462 e. The van der Waals surface area contributed by atoms with E-state index in [1.165, 1.54) is 225 Å². The standard InChI is InChI=1S/C60H116O6/c1-6-7-8-9-10-11-12-25-30-35-40-45-50-58(61)64-53-57(54-65-59(62)51-46-41-36-31-26-21-18-17-20-24-29-34-39-44-49-56(4)5)66-60(63)52-47-42-37-32-27-22-16-14-13-15-19-23-28-33-38-43-48-55(2)3/h55-57H,6-54H2,1-5H3/t57-/m1/s1. The van der Waals surface area contributed by atoms with Crippen molar-refractivity contribution in [2.75, 3.05) is 13.2 Å². The summed E-state index contributed by atoms with van der Waals surface area (Å²) in [5, 5.41) is 0. The van der Waals surface area contributed by atoms with Crippen LogP contribution in [0.25, 0.3) is 0 Å². The van der Waals surface area contributed by atoms with Gasteiger partial charge in [-0.05, 0) is 31.1 Å². The molecule has 0 aliphatic carbocycles. The van der Waals surface area contributed by atoms with Crippen molar-refractivity contribution >= 4 is 17.9 Å². The average Bonchev–Trinajstić information content (AvgIpc) is 3.29. The lowest BCUT2D eigenvalue weighted by atomic mass is 10.0. The van der Waals surface area contributed by atoms with Gasteiger partial charge in [-0.25, -0.2) is 0 Å². The van der Waals surface area contributed by atoms with Gasteiger partial charge in [-0.3, -0.25) is 14.4 Å². The van der Waals surface area contributed by atoms with Crippen molar-refractivity contribution in [1.82, 2.24) is 0 Å². The van der Waals surface area contributed by atoms with Crippen LogP contribution in [0, 0.1) is 11.8 Å². The molecule has 66 heavy (non-hydrogen) atoms. The van der Waals surface area contributed by atoms with E-state index in [0.29, 0.717) is 19.3 Å². The van der Waals surface area contributed by atoms with Gasteiger partial charge in [-0.2, -0.15) is 0 Å². The number of rotatable bonds is 54. The van der Waals surface area contributed by atoms with E-state index < -0.39 is 6.10 Å². The van der Waals surface area contributed by atoms with Gasteiger partial charge >= 0.3 is 17.9 Å². The van der Waals surface area contributed by atoms with E-state index in [1.807, 2.05) is 0 Å². The summed E-state index contributed by atoms with van der Waals surface area (Å²) in [6.07, 6.45) is 56.7. The van der Waals surface area contributed by atoms with Crippen LogP contribution in [0.5, 0.6) is 0 Å². The zero-order chi connectivity index (χ0) is 48.2. The Morgan fingerprint density at radius 2 is 0.500 bits per heavy atom. The Balaban J connectivity index is 4.27. The minimum absolute atomic E-state index is 0.0623. The van der Waals surface area contributed by atoms with Gasteiger partial charge in [-0.1, -0.05) is 298 Å². The Kier molecular flexibility index (Phi) is 51.5. The topological polar surface area (TPSA) is 78.9 Å². The van der Waals surface area contributed by atoms with E-state index in [1.54, 1.807) is 0 Å². The Hall–Kier alpha value is -1.59. The second kappa shape index (κ2) is 52.8. The highest BCUT2D eigenvalue weighted by atomic mass is 16.6. The average molecular weight is 934 g/mol. The number of esters is 3. The van der Waals surface area contributed by atoms with Crippen LogP contribution >= 0.6 is 0 Å². The molecule has 392 valence electrons. The first-order valence-electron chi connectivity index (χ1n) is 29.7. The molecular weight excluding hydrogens is 817 g/mol. The third-order valence-corrected chi connectivity index (χ3v) is 13.7. The minimum Gasteiger partial charge on any atom is -0.462 e. The summed E-state index contributed by atoms with van der Waals surface area (Å²) in [5.41, 5.74) is 0. The summed E-state index contributed by atoms with van der Waals surface area (Å²) in [6.45, 7) is 11.4. The lowest BCUT2D eigenvalue weighted by Gasteiger charge is -2.18. The molecule has 0 rings (SSSR count). The van der Waals surface area contributed by atoms with Crippen LogP contribution < -0.4 is 0 Å². The van der Waals surface area contributed by atoms with Crippen molar-refractivity contribution in [3.63, 3.8) is 0 Å². The van der Waals surface area contributed by atoms with Gasteiger partial charge in [0.15, 0.2) is 6.10 Å². The molecule has 0 heterocycles. The molecule has 6 nitrogen and oxygen atoms in total. The van der Waals surface area contributed by atoms with Crippen molar-refractivity contribution in [3.8, 4) is 0 Å². The fraction of sp³-hybridized carbons (Fsp3) is 0.950. The molecule has 0 aromatic rings. The van der Waals surface area contributed by atoms with E-state index in [0.717, 1.165) is 69.6 Å². The molecule has 0 N–H and O–H groups in total. The zero-order valence-electron chi connectivity index (χ0n) is 45.3. The minimum atomic E-state index is -0.762. The van der Waals surface area contributed by atoms with E-state index in [2.05, 4.69) is 34.6 Å². The quantitative estimate of drug-likeness (QED) is 0.0343. The monoisotopic (exact) mass is 933 g/mol. The van der Waals surface area contributed by atoms with Gasteiger partial charge < -0.3 is 14.2 Å². The van der Waals surface area contributed by atoms with Crippen LogP contribution in [0.4, 0.5) is 0 Å². The summed E-state index contributed by atoms with van der Waals surface area (Å²) in [7, 11) is 0. The highest BCUT2D eigenvalue weighted by molar-refractivity contribution is 5.71. The summed E-state index contributed by atoms with van der Waals surface area (Å²) >= 11 is 0. The smallest absolute Gasteiger partial charge is 0.306 e. The molecule has 0 amide bonds. The van der Waals surface area contributed by atoms with Gasteiger partial charge in [0.25, 0.3) is 0 Å². The zero-order valence-corrected chi connectivity index (χ0v) is 45.3. The predicted molar refractivity (Wildman–Crippen MR) is 284 cm³/mol. The molecule has 0 aliphatic rings. The van der Waals surface area contributed by atoms with Gasteiger partial charge in [0.1, 0.15) is 13.2 Å². The molecule has 0 fully saturated rings. The fourth-order valence-corrected chi connectivity index (χ4v) is 9.23. The molecule has 0 bridgehead atoms. The summed E-state index contributed by atoms with van der Waals surface area (Å²) in [6, 6.07) is 0. The maximum atomic E-state index is 12.9. The number of ether oxygens (including phenoxy) is 3. The number of hydrogen-bond acceptors (Lipinski definition) is 6. The molecule has 0 aromatic heterocycles. The number of unbranched alkanes of at least 4 members (excludes halogenated alkanes) is 39. The summed E-state index contributed by atoms with van der Waals surface area (Å²) in [4.78, 5) is 38.2. The molecule has 0 unspecified atom stereocenters. The molecule has 0 aliphatic heterocycles. The molecule has 1 atom stereocenters. The van der Waals surface area contributed by atoms with E-state index >= 15 is 0 Å². The lowest BCUT2D eigenvalue weighted by Crippen LogP contribution is -2.30. The van der Waals surface area contributed by atoms with Gasteiger partial charge in [0.05, 0.1) is 0 Å². The third kappa shape index (κ3) is 53.4. The van der Waals surface area contributed by atoms with Gasteiger partial charge in [0, 0.05) is 19.3 Å². The highest BCUT2D eigenvalue weighted by Gasteiger charge is 2.19.